The molecule has 0 spiro atoms. The molecular formula is C22H25NO6. The predicted octanol–water partition coefficient (Wildman–Crippen LogP) is 3.69. The van der Waals surface area contributed by atoms with E-state index in [1.165, 1.54) is 14.0 Å². The van der Waals surface area contributed by atoms with E-state index >= 15 is 0 Å². The molecule has 29 heavy (non-hydrogen) atoms. The van der Waals surface area contributed by atoms with E-state index in [9.17, 15) is 9.59 Å². The minimum atomic E-state index is -0.979. The normalized spacial score (nSPS) is 11.6. The first-order valence-corrected chi connectivity index (χ1v) is 9.04. The molecule has 2 aromatic rings. The molecule has 7 heteroatoms. The van der Waals surface area contributed by atoms with Gasteiger partial charge in [-0.2, -0.15) is 0 Å². The number of amides is 1. The minimum absolute atomic E-state index is 0.348. The molecule has 2 rings (SSSR count). The van der Waals surface area contributed by atoms with Crippen molar-refractivity contribution in [1.29, 1.82) is 0 Å². The van der Waals surface area contributed by atoms with E-state index in [0.29, 0.717) is 22.9 Å². The fourth-order valence-electron chi connectivity index (χ4n) is 2.44. The van der Waals surface area contributed by atoms with Gasteiger partial charge < -0.3 is 24.3 Å². The van der Waals surface area contributed by atoms with Crippen molar-refractivity contribution in [2.75, 3.05) is 26.1 Å². The van der Waals surface area contributed by atoms with Crippen LogP contribution >= 0.6 is 0 Å². The highest BCUT2D eigenvalue weighted by atomic mass is 16.6. The lowest BCUT2D eigenvalue weighted by Gasteiger charge is -2.15. The summed E-state index contributed by atoms with van der Waals surface area (Å²) in [6.07, 6.45) is 2.85. The molecule has 2 aromatic carbocycles. The topological polar surface area (TPSA) is 83.1 Å². The van der Waals surface area contributed by atoms with Gasteiger partial charge in [0, 0.05) is 5.69 Å². The number of benzene rings is 2. The number of carbonyl (C=O) groups excluding carboxylic acids is 2. The molecule has 1 amide bonds. The van der Waals surface area contributed by atoms with Gasteiger partial charge in [0.05, 0.1) is 14.2 Å². The van der Waals surface area contributed by atoms with E-state index in [2.05, 4.69) is 5.32 Å². The molecule has 7 nitrogen and oxygen atoms in total. The number of anilines is 1. The van der Waals surface area contributed by atoms with Crippen molar-refractivity contribution in [1.82, 2.24) is 0 Å². The molecule has 0 aromatic heterocycles. The summed E-state index contributed by atoms with van der Waals surface area (Å²) in [7, 11) is 3.08. The molecule has 1 atom stereocenters. The van der Waals surface area contributed by atoms with E-state index in [-0.39, 0.29) is 6.61 Å². The zero-order valence-corrected chi connectivity index (χ0v) is 16.9. The number of esters is 1. The lowest BCUT2D eigenvalue weighted by Crippen LogP contribution is -2.31. The third-order valence-electron chi connectivity index (χ3n) is 3.93. The van der Waals surface area contributed by atoms with Crippen LogP contribution in [0.3, 0.4) is 0 Å². The first-order chi connectivity index (χ1) is 14.0. The van der Waals surface area contributed by atoms with Crippen molar-refractivity contribution >= 4 is 23.6 Å². The van der Waals surface area contributed by atoms with Crippen LogP contribution in [0.2, 0.25) is 0 Å². The molecule has 154 valence electrons. The average Bonchev–Trinajstić information content (AvgIpc) is 2.73. The first kappa shape index (κ1) is 21.8. The number of rotatable bonds is 9. The number of ether oxygens (including phenoxy) is 4. The van der Waals surface area contributed by atoms with Crippen molar-refractivity contribution in [2.24, 2.45) is 0 Å². The van der Waals surface area contributed by atoms with Crippen LogP contribution < -0.4 is 19.5 Å². The summed E-state index contributed by atoms with van der Waals surface area (Å²) in [5.41, 5.74) is 1.52. The van der Waals surface area contributed by atoms with E-state index in [1.807, 2.05) is 25.1 Å². The monoisotopic (exact) mass is 399 g/mol. The first-order valence-electron chi connectivity index (χ1n) is 9.04. The molecule has 0 fully saturated rings. The number of carbonyl (C=O) groups is 2. The molecule has 0 radical (unpaired) electrons. The van der Waals surface area contributed by atoms with Crippen LogP contribution in [-0.2, 0) is 14.3 Å². The van der Waals surface area contributed by atoms with Crippen molar-refractivity contribution in [2.45, 2.75) is 20.0 Å². The van der Waals surface area contributed by atoms with Crippen molar-refractivity contribution in [3.05, 3.63) is 54.1 Å². The van der Waals surface area contributed by atoms with Gasteiger partial charge >= 0.3 is 5.97 Å². The van der Waals surface area contributed by atoms with E-state index in [1.54, 1.807) is 43.5 Å². The Morgan fingerprint density at radius 1 is 1.03 bits per heavy atom. The summed E-state index contributed by atoms with van der Waals surface area (Å²) in [6.45, 7) is 3.06. The van der Waals surface area contributed by atoms with Crippen molar-refractivity contribution in [3.8, 4) is 17.2 Å². The largest absolute Gasteiger partial charge is 0.497 e. The zero-order chi connectivity index (χ0) is 21.2. The highest BCUT2D eigenvalue weighted by Gasteiger charge is 2.19. The molecule has 0 bridgehead atoms. The van der Waals surface area contributed by atoms with Gasteiger partial charge in [-0.25, -0.2) is 4.79 Å². The molecule has 1 N–H and O–H groups in total. The molecule has 0 aliphatic carbocycles. The van der Waals surface area contributed by atoms with Gasteiger partial charge in [-0.05, 0) is 55.8 Å². The van der Waals surface area contributed by atoms with E-state index in [4.69, 9.17) is 18.9 Å². The van der Waals surface area contributed by atoms with Crippen LogP contribution in [0.4, 0.5) is 5.69 Å². The van der Waals surface area contributed by atoms with Gasteiger partial charge in [0.1, 0.15) is 5.75 Å². The molecule has 0 unspecified atom stereocenters. The third-order valence-corrected chi connectivity index (χ3v) is 3.93. The molecule has 0 aliphatic rings. The Morgan fingerprint density at radius 3 is 2.38 bits per heavy atom. The standard InChI is InChI=1S/C22H25NO6/c1-5-6-16-7-12-19(20(13-16)27-4)28-14-21(24)29-15(2)22(25)23-17-8-10-18(26-3)11-9-17/h5-13,15H,14H2,1-4H3,(H,23,25)/b6-5+/t15-/m0/s1. The van der Waals surface area contributed by atoms with Crippen molar-refractivity contribution in [3.63, 3.8) is 0 Å². The predicted molar refractivity (Wildman–Crippen MR) is 110 cm³/mol. The van der Waals surface area contributed by atoms with Gasteiger partial charge in [-0.3, -0.25) is 4.79 Å². The number of hydrogen-bond donors (Lipinski definition) is 1. The number of allylic oxidation sites excluding steroid dienone is 1. The van der Waals surface area contributed by atoms with Crippen LogP contribution in [0.1, 0.15) is 19.4 Å². The smallest absolute Gasteiger partial charge is 0.344 e. The highest BCUT2D eigenvalue weighted by Crippen LogP contribution is 2.28. The van der Waals surface area contributed by atoms with Crippen LogP contribution in [0.25, 0.3) is 6.08 Å². The summed E-state index contributed by atoms with van der Waals surface area (Å²) in [4.78, 5) is 24.2. The maximum absolute atomic E-state index is 12.2. The Labute approximate surface area is 170 Å². The van der Waals surface area contributed by atoms with Crippen LogP contribution in [0.5, 0.6) is 17.2 Å². The van der Waals surface area contributed by atoms with Crippen LogP contribution in [0.15, 0.2) is 48.5 Å². The second kappa shape index (κ2) is 10.8. The highest BCUT2D eigenvalue weighted by molar-refractivity contribution is 5.95. The van der Waals surface area contributed by atoms with E-state index in [0.717, 1.165) is 5.56 Å². The number of nitrogens with one attached hydrogen (secondary N) is 1. The summed E-state index contributed by atoms with van der Waals surface area (Å²) in [6, 6.07) is 12.2. The Kier molecular flexibility index (Phi) is 8.09. The lowest BCUT2D eigenvalue weighted by molar-refractivity contribution is -0.155. The molecule has 0 saturated heterocycles. The van der Waals surface area contributed by atoms with Crippen LogP contribution in [-0.4, -0.2) is 38.8 Å². The zero-order valence-electron chi connectivity index (χ0n) is 16.9. The fraction of sp³-hybridized carbons (Fsp3) is 0.273. The van der Waals surface area contributed by atoms with Gasteiger partial charge in [0.15, 0.2) is 24.2 Å². The van der Waals surface area contributed by atoms with Gasteiger partial charge in [-0.15, -0.1) is 0 Å². The quantitative estimate of drug-likeness (QED) is 0.648. The summed E-state index contributed by atoms with van der Waals surface area (Å²) in [5.74, 6) is 0.472. The lowest BCUT2D eigenvalue weighted by atomic mass is 10.2. The average molecular weight is 399 g/mol. The number of hydrogen-bond acceptors (Lipinski definition) is 6. The summed E-state index contributed by atoms with van der Waals surface area (Å²) >= 11 is 0. The van der Waals surface area contributed by atoms with Gasteiger partial charge in [0.2, 0.25) is 0 Å². The Bertz CT molecular complexity index is 860. The van der Waals surface area contributed by atoms with E-state index < -0.39 is 18.0 Å². The Morgan fingerprint density at radius 2 is 1.76 bits per heavy atom. The molecular weight excluding hydrogens is 374 g/mol. The van der Waals surface area contributed by atoms with Crippen molar-refractivity contribution < 1.29 is 28.5 Å². The fourth-order valence-corrected chi connectivity index (χ4v) is 2.44. The molecule has 0 aliphatic heterocycles. The van der Waals surface area contributed by atoms with Gasteiger partial charge in [-0.1, -0.05) is 18.2 Å². The second-order valence-corrected chi connectivity index (χ2v) is 6.05. The second-order valence-electron chi connectivity index (χ2n) is 6.05. The summed E-state index contributed by atoms with van der Waals surface area (Å²) < 4.78 is 21.0. The number of methoxy groups -OCH3 is 2. The third kappa shape index (κ3) is 6.57. The Balaban J connectivity index is 1.87. The SMILES string of the molecule is C/C=C/c1ccc(OCC(=O)O[C@@H](C)C(=O)Nc2ccc(OC)cc2)c(OC)c1. The minimum Gasteiger partial charge on any atom is -0.497 e. The molecule has 0 saturated carbocycles. The van der Waals surface area contributed by atoms with Crippen LogP contribution in [0, 0.1) is 0 Å². The maximum Gasteiger partial charge on any atom is 0.344 e. The van der Waals surface area contributed by atoms with Gasteiger partial charge in [0.25, 0.3) is 5.91 Å². The molecule has 0 heterocycles. The summed E-state index contributed by atoms with van der Waals surface area (Å²) in [5, 5.41) is 2.67. The maximum atomic E-state index is 12.2. The Hall–Kier alpha value is -3.48.